The van der Waals surface area contributed by atoms with Crippen molar-refractivity contribution in [3.8, 4) is 5.75 Å². The van der Waals surface area contributed by atoms with Crippen LogP contribution >= 0.6 is 27.7 Å². The first-order valence-corrected chi connectivity index (χ1v) is 11.0. The first-order valence-electron chi connectivity index (χ1n) is 9.21. The van der Waals surface area contributed by atoms with Crippen molar-refractivity contribution in [3.05, 3.63) is 53.0 Å². The van der Waals surface area contributed by atoms with Gasteiger partial charge in [-0.2, -0.15) is 0 Å². The maximum atomic E-state index is 12.6. The van der Waals surface area contributed by atoms with Crippen LogP contribution in [0, 0.1) is 0 Å². The van der Waals surface area contributed by atoms with Crippen molar-refractivity contribution in [2.45, 2.75) is 17.7 Å². The molecule has 1 amide bonds. The Balaban J connectivity index is 1.46. The molecule has 1 heterocycles. The van der Waals surface area contributed by atoms with Gasteiger partial charge in [0.2, 0.25) is 5.91 Å². The van der Waals surface area contributed by atoms with Gasteiger partial charge in [0.1, 0.15) is 5.75 Å². The van der Waals surface area contributed by atoms with Crippen molar-refractivity contribution in [1.82, 2.24) is 4.90 Å². The van der Waals surface area contributed by atoms with Crippen molar-refractivity contribution >= 4 is 39.3 Å². The number of carbonyl (C=O) groups excluding carboxylic acids is 1. The Hall–Kier alpha value is -1.66. The van der Waals surface area contributed by atoms with E-state index in [1.165, 1.54) is 10.6 Å². The average Bonchev–Trinajstić information content (AvgIpc) is 2.96. The molecule has 2 aromatic carbocycles. The topological polar surface area (TPSA) is 32.8 Å². The first kappa shape index (κ1) is 20.1. The summed E-state index contributed by atoms with van der Waals surface area (Å²) in [5.74, 6) is 1.95. The summed E-state index contributed by atoms with van der Waals surface area (Å²) in [6.45, 7) is 3.48. The zero-order valence-electron chi connectivity index (χ0n) is 15.6. The summed E-state index contributed by atoms with van der Waals surface area (Å²) < 4.78 is 6.31. The number of thioether (sulfide) groups is 1. The lowest BCUT2D eigenvalue weighted by atomic mass is 10.2. The molecule has 4 nitrogen and oxygen atoms in total. The van der Waals surface area contributed by atoms with Crippen molar-refractivity contribution in [2.75, 3.05) is 43.9 Å². The van der Waals surface area contributed by atoms with E-state index in [9.17, 15) is 4.79 Å². The van der Waals surface area contributed by atoms with E-state index in [0.29, 0.717) is 6.42 Å². The normalized spacial score (nSPS) is 14.7. The molecule has 0 atom stereocenters. The summed E-state index contributed by atoms with van der Waals surface area (Å²) in [7, 11) is 1.68. The van der Waals surface area contributed by atoms with Crippen LogP contribution in [0.4, 0.5) is 5.69 Å². The molecule has 0 bridgehead atoms. The summed E-state index contributed by atoms with van der Waals surface area (Å²) in [6.07, 6.45) is 1.58. The highest BCUT2D eigenvalue weighted by Crippen LogP contribution is 2.23. The monoisotopic (exact) mass is 448 g/mol. The fraction of sp³-hybridized carbons (Fsp3) is 0.381. The van der Waals surface area contributed by atoms with E-state index in [-0.39, 0.29) is 5.91 Å². The standard InChI is InChI=1S/C21H25BrN2O2S/c1-26-19-7-5-18(6-8-19)23-12-2-13-24(15-14-23)21(25)11-16-27-20-9-3-17(22)4-10-20/h3-10H,2,11-16H2,1H3. The molecule has 1 saturated heterocycles. The Morgan fingerprint density at radius 2 is 1.78 bits per heavy atom. The average molecular weight is 449 g/mol. The Kier molecular flexibility index (Phi) is 7.47. The number of carbonyl (C=O) groups is 1. The second-order valence-corrected chi connectivity index (χ2v) is 8.56. The van der Waals surface area contributed by atoms with Crippen LogP contribution in [0.25, 0.3) is 0 Å². The van der Waals surface area contributed by atoms with Crippen LogP contribution in [0.3, 0.4) is 0 Å². The molecule has 6 heteroatoms. The van der Waals surface area contributed by atoms with E-state index in [1.807, 2.05) is 29.2 Å². The number of halogens is 1. The lowest BCUT2D eigenvalue weighted by Gasteiger charge is -2.24. The van der Waals surface area contributed by atoms with E-state index < -0.39 is 0 Å². The Bertz CT molecular complexity index is 737. The Morgan fingerprint density at radius 1 is 1.04 bits per heavy atom. The highest BCUT2D eigenvalue weighted by Gasteiger charge is 2.19. The third kappa shape index (κ3) is 5.91. The molecule has 27 heavy (non-hydrogen) atoms. The van der Waals surface area contributed by atoms with Gasteiger partial charge in [0, 0.05) is 53.4 Å². The van der Waals surface area contributed by atoms with Gasteiger partial charge in [0.15, 0.2) is 0 Å². The molecule has 1 aliphatic heterocycles. The van der Waals surface area contributed by atoms with E-state index in [4.69, 9.17) is 4.74 Å². The maximum absolute atomic E-state index is 12.6. The van der Waals surface area contributed by atoms with Crippen molar-refractivity contribution in [3.63, 3.8) is 0 Å². The van der Waals surface area contributed by atoms with Gasteiger partial charge in [-0.05, 0) is 55.0 Å². The van der Waals surface area contributed by atoms with Gasteiger partial charge in [-0.15, -0.1) is 11.8 Å². The molecule has 2 aromatic rings. The Morgan fingerprint density at radius 3 is 2.48 bits per heavy atom. The summed E-state index contributed by atoms with van der Waals surface area (Å²) in [6, 6.07) is 16.4. The molecule has 1 fully saturated rings. The highest BCUT2D eigenvalue weighted by molar-refractivity contribution is 9.10. The van der Waals surface area contributed by atoms with Crippen LogP contribution < -0.4 is 9.64 Å². The second-order valence-electron chi connectivity index (χ2n) is 6.47. The SMILES string of the molecule is COc1ccc(N2CCCN(C(=O)CCSc3ccc(Br)cc3)CC2)cc1. The molecule has 144 valence electrons. The predicted octanol–water partition coefficient (Wildman–Crippen LogP) is 4.68. The smallest absolute Gasteiger partial charge is 0.223 e. The fourth-order valence-corrected chi connectivity index (χ4v) is 4.27. The molecule has 0 radical (unpaired) electrons. The number of benzene rings is 2. The molecule has 0 spiro atoms. The number of hydrogen-bond acceptors (Lipinski definition) is 4. The quantitative estimate of drug-likeness (QED) is 0.600. The molecular formula is C21H25BrN2O2S. The van der Waals surface area contributed by atoms with E-state index in [2.05, 4.69) is 45.1 Å². The molecule has 0 N–H and O–H groups in total. The number of nitrogens with zero attached hydrogens (tertiary/aromatic N) is 2. The zero-order valence-corrected chi connectivity index (χ0v) is 18.0. The van der Waals surface area contributed by atoms with E-state index in [0.717, 1.165) is 48.6 Å². The van der Waals surface area contributed by atoms with Gasteiger partial charge < -0.3 is 14.5 Å². The third-order valence-electron chi connectivity index (χ3n) is 4.68. The maximum Gasteiger partial charge on any atom is 0.223 e. The van der Waals surface area contributed by atoms with Gasteiger partial charge in [0.05, 0.1) is 7.11 Å². The largest absolute Gasteiger partial charge is 0.497 e. The van der Waals surface area contributed by atoms with Gasteiger partial charge in [-0.1, -0.05) is 15.9 Å². The number of rotatable bonds is 6. The molecule has 1 aliphatic rings. The molecular weight excluding hydrogens is 424 g/mol. The predicted molar refractivity (Wildman–Crippen MR) is 116 cm³/mol. The minimum Gasteiger partial charge on any atom is -0.497 e. The van der Waals surface area contributed by atoms with E-state index >= 15 is 0 Å². The number of amides is 1. The van der Waals surface area contributed by atoms with Gasteiger partial charge in [0.25, 0.3) is 0 Å². The summed E-state index contributed by atoms with van der Waals surface area (Å²) in [4.78, 5) is 18.2. The summed E-state index contributed by atoms with van der Waals surface area (Å²) >= 11 is 5.18. The lowest BCUT2D eigenvalue weighted by molar-refractivity contribution is -0.130. The number of hydrogen-bond donors (Lipinski definition) is 0. The molecule has 0 aliphatic carbocycles. The number of ether oxygens (including phenoxy) is 1. The highest BCUT2D eigenvalue weighted by atomic mass is 79.9. The minimum atomic E-state index is 0.260. The van der Waals surface area contributed by atoms with Gasteiger partial charge >= 0.3 is 0 Å². The third-order valence-corrected chi connectivity index (χ3v) is 6.23. The van der Waals surface area contributed by atoms with Crippen LogP contribution in [0.5, 0.6) is 5.75 Å². The van der Waals surface area contributed by atoms with Gasteiger partial charge in [-0.3, -0.25) is 4.79 Å². The van der Waals surface area contributed by atoms with Crippen LogP contribution in [0.1, 0.15) is 12.8 Å². The van der Waals surface area contributed by atoms with Crippen LogP contribution in [-0.4, -0.2) is 49.8 Å². The second kappa shape index (κ2) is 10.0. The Labute approximate surface area is 174 Å². The van der Waals surface area contributed by atoms with Crippen LogP contribution in [0.15, 0.2) is 57.9 Å². The number of methoxy groups -OCH3 is 1. The lowest BCUT2D eigenvalue weighted by Crippen LogP contribution is -2.35. The molecule has 0 unspecified atom stereocenters. The van der Waals surface area contributed by atoms with Gasteiger partial charge in [-0.25, -0.2) is 0 Å². The van der Waals surface area contributed by atoms with Crippen LogP contribution in [0.2, 0.25) is 0 Å². The minimum absolute atomic E-state index is 0.260. The van der Waals surface area contributed by atoms with Crippen molar-refractivity contribution in [2.24, 2.45) is 0 Å². The molecule has 0 saturated carbocycles. The zero-order chi connectivity index (χ0) is 19.1. The van der Waals surface area contributed by atoms with E-state index in [1.54, 1.807) is 18.9 Å². The number of anilines is 1. The van der Waals surface area contributed by atoms with Crippen molar-refractivity contribution in [1.29, 1.82) is 0 Å². The first-order chi connectivity index (χ1) is 13.2. The van der Waals surface area contributed by atoms with Crippen LogP contribution in [-0.2, 0) is 4.79 Å². The molecule has 0 aromatic heterocycles. The summed E-state index contributed by atoms with van der Waals surface area (Å²) in [5.41, 5.74) is 1.19. The molecule has 3 rings (SSSR count). The summed E-state index contributed by atoms with van der Waals surface area (Å²) in [5, 5.41) is 0. The fourth-order valence-electron chi connectivity index (χ4n) is 3.16. The van der Waals surface area contributed by atoms with Crippen molar-refractivity contribution < 1.29 is 9.53 Å².